The van der Waals surface area contributed by atoms with Gasteiger partial charge in [0.2, 0.25) is 5.88 Å². The summed E-state index contributed by atoms with van der Waals surface area (Å²) >= 11 is 6.05. The lowest BCUT2D eigenvalue weighted by Crippen LogP contribution is -2.12. The maximum atomic E-state index is 12.4. The van der Waals surface area contributed by atoms with Crippen molar-refractivity contribution in [1.82, 2.24) is 4.98 Å². The highest BCUT2D eigenvalue weighted by molar-refractivity contribution is 6.34. The summed E-state index contributed by atoms with van der Waals surface area (Å²) in [5, 5.41) is 23.7. The van der Waals surface area contributed by atoms with E-state index >= 15 is 0 Å². The van der Waals surface area contributed by atoms with Gasteiger partial charge in [-0.15, -0.1) is 0 Å². The lowest BCUT2D eigenvalue weighted by atomic mass is 10.1. The number of carbonyl (C=O) groups is 1. The number of aromatic nitrogens is 1. The van der Waals surface area contributed by atoms with E-state index in [0.717, 1.165) is 0 Å². The molecule has 1 N–H and O–H groups in total. The second kappa shape index (κ2) is 8.59. The number of amides is 1. The van der Waals surface area contributed by atoms with E-state index in [1.54, 1.807) is 48.5 Å². The zero-order chi connectivity index (χ0) is 21.8. The van der Waals surface area contributed by atoms with E-state index < -0.39 is 10.8 Å². The molecule has 0 radical (unpaired) electrons. The first-order valence-electron chi connectivity index (χ1n) is 8.71. The second-order valence-corrected chi connectivity index (χ2v) is 6.69. The van der Waals surface area contributed by atoms with E-state index in [0.29, 0.717) is 22.0 Å². The fraction of sp³-hybridized carbons (Fsp3) is 0.0952. The molecule has 8 nitrogen and oxygen atoms in total. The highest BCUT2D eigenvalue weighted by atomic mass is 35.5. The van der Waals surface area contributed by atoms with E-state index in [1.807, 2.05) is 6.07 Å². The van der Waals surface area contributed by atoms with Crippen LogP contribution in [0.5, 0.6) is 11.6 Å². The van der Waals surface area contributed by atoms with Crippen molar-refractivity contribution in [3.05, 3.63) is 86.1 Å². The van der Waals surface area contributed by atoms with Crippen LogP contribution in [0.15, 0.2) is 48.5 Å². The normalized spacial score (nSPS) is 10.2. The predicted molar refractivity (Wildman–Crippen MR) is 111 cm³/mol. The van der Waals surface area contributed by atoms with Gasteiger partial charge in [0.15, 0.2) is 0 Å². The Labute approximate surface area is 176 Å². The van der Waals surface area contributed by atoms with Crippen LogP contribution in [0, 0.1) is 35.3 Å². The van der Waals surface area contributed by atoms with Crippen LogP contribution in [0.1, 0.15) is 27.2 Å². The van der Waals surface area contributed by atoms with Crippen molar-refractivity contribution < 1.29 is 14.5 Å². The minimum absolute atomic E-state index is 0.0298. The number of nitro groups is 1. The Balaban J connectivity index is 1.89. The second-order valence-electron chi connectivity index (χ2n) is 6.28. The van der Waals surface area contributed by atoms with Crippen molar-refractivity contribution in [3.8, 4) is 17.7 Å². The SMILES string of the molecule is Cc1nc(Oc2cccc(NC(=O)c3ccccc3Cl)c2)c(C#N)c(C)c1[N+](=O)[O-]. The minimum atomic E-state index is -0.576. The average molecular weight is 423 g/mol. The van der Waals surface area contributed by atoms with Gasteiger partial charge in [0, 0.05) is 11.8 Å². The summed E-state index contributed by atoms with van der Waals surface area (Å²) in [6.45, 7) is 2.94. The summed E-state index contributed by atoms with van der Waals surface area (Å²) in [7, 11) is 0. The third-order valence-electron chi connectivity index (χ3n) is 4.28. The molecule has 0 saturated heterocycles. The summed E-state index contributed by atoms with van der Waals surface area (Å²) in [6.07, 6.45) is 0. The molecule has 0 bridgehead atoms. The predicted octanol–water partition coefficient (Wildman–Crippen LogP) is 5.18. The summed E-state index contributed by atoms with van der Waals surface area (Å²) in [6, 6.07) is 15.0. The van der Waals surface area contributed by atoms with E-state index in [9.17, 15) is 20.2 Å². The number of nitriles is 1. The maximum Gasteiger partial charge on any atom is 0.294 e. The zero-order valence-corrected chi connectivity index (χ0v) is 16.7. The van der Waals surface area contributed by atoms with Crippen molar-refractivity contribution in [2.24, 2.45) is 0 Å². The first-order chi connectivity index (χ1) is 14.3. The van der Waals surface area contributed by atoms with Crippen LogP contribution in [-0.4, -0.2) is 15.8 Å². The number of benzene rings is 2. The lowest BCUT2D eigenvalue weighted by Gasteiger charge is -2.12. The largest absolute Gasteiger partial charge is 0.438 e. The van der Waals surface area contributed by atoms with Crippen LogP contribution in [0.2, 0.25) is 5.02 Å². The maximum absolute atomic E-state index is 12.4. The first kappa shape index (κ1) is 20.8. The minimum Gasteiger partial charge on any atom is -0.438 e. The molecule has 2 aromatic carbocycles. The van der Waals surface area contributed by atoms with Gasteiger partial charge < -0.3 is 10.1 Å². The van der Waals surface area contributed by atoms with Crippen LogP contribution < -0.4 is 10.1 Å². The Morgan fingerprint density at radius 1 is 1.23 bits per heavy atom. The number of anilines is 1. The van der Waals surface area contributed by atoms with Crippen LogP contribution in [-0.2, 0) is 0 Å². The van der Waals surface area contributed by atoms with Gasteiger partial charge in [-0.25, -0.2) is 4.98 Å². The van der Waals surface area contributed by atoms with Crippen LogP contribution in [0.3, 0.4) is 0 Å². The zero-order valence-electron chi connectivity index (χ0n) is 16.0. The van der Waals surface area contributed by atoms with Gasteiger partial charge in [0.05, 0.1) is 21.1 Å². The monoisotopic (exact) mass is 422 g/mol. The highest BCUT2D eigenvalue weighted by Crippen LogP contribution is 2.33. The fourth-order valence-electron chi connectivity index (χ4n) is 2.88. The van der Waals surface area contributed by atoms with E-state index in [4.69, 9.17) is 16.3 Å². The molecular weight excluding hydrogens is 408 g/mol. The third kappa shape index (κ3) is 4.21. The van der Waals surface area contributed by atoms with E-state index in [2.05, 4.69) is 10.3 Å². The lowest BCUT2D eigenvalue weighted by molar-refractivity contribution is -0.386. The summed E-state index contributed by atoms with van der Waals surface area (Å²) in [5.41, 5.74) is 0.812. The molecule has 3 rings (SSSR count). The van der Waals surface area contributed by atoms with Gasteiger partial charge in [0.1, 0.15) is 23.1 Å². The van der Waals surface area contributed by atoms with Crippen molar-refractivity contribution in [2.75, 3.05) is 5.32 Å². The van der Waals surface area contributed by atoms with Crippen molar-refractivity contribution >= 4 is 28.9 Å². The number of carbonyl (C=O) groups excluding carboxylic acids is 1. The Bertz CT molecular complexity index is 1200. The number of nitrogens with one attached hydrogen (secondary N) is 1. The highest BCUT2D eigenvalue weighted by Gasteiger charge is 2.24. The number of aryl methyl sites for hydroxylation is 1. The molecule has 30 heavy (non-hydrogen) atoms. The third-order valence-corrected chi connectivity index (χ3v) is 4.60. The molecule has 0 unspecified atom stereocenters. The fourth-order valence-corrected chi connectivity index (χ4v) is 3.10. The number of halogens is 1. The van der Waals surface area contributed by atoms with Crippen molar-refractivity contribution in [1.29, 1.82) is 5.26 Å². The smallest absolute Gasteiger partial charge is 0.294 e. The summed E-state index contributed by atoms with van der Waals surface area (Å²) in [4.78, 5) is 27.2. The Morgan fingerprint density at radius 3 is 2.63 bits per heavy atom. The van der Waals surface area contributed by atoms with Gasteiger partial charge in [0.25, 0.3) is 11.6 Å². The van der Waals surface area contributed by atoms with Gasteiger partial charge in [-0.3, -0.25) is 14.9 Å². The molecule has 3 aromatic rings. The number of pyridine rings is 1. The standard InChI is InChI=1S/C21H15ClN4O4/c1-12-17(11-23)21(24-13(2)19(12)26(28)29)30-15-7-5-6-14(10-15)25-20(27)16-8-3-4-9-18(16)22/h3-10H,1-2H3,(H,25,27). The summed E-state index contributed by atoms with van der Waals surface area (Å²) in [5.74, 6) is -0.146. The number of nitrogens with zero attached hydrogens (tertiary/aromatic N) is 3. The number of ether oxygens (including phenoxy) is 1. The molecule has 0 aliphatic carbocycles. The molecule has 9 heteroatoms. The molecule has 1 amide bonds. The molecule has 1 aromatic heterocycles. The molecule has 0 fully saturated rings. The van der Waals surface area contributed by atoms with Gasteiger partial charge in [-0.1, -0.05) is 29.8 Å². The molecule has 0 spiro atoms. The molecule has 0 atom stereocenters. The van der Waals surface area contributed by atoms with Gasteiger partial charge in [-0.2, -0.15) is 5.26 Å². The van der Waals surface area contributed by atoms with Gasteiger partial charge in [-0.05, 0) is 38.1 Å². The van der Waals surface area contributed by atoms with Crippen LogP contribution in [0.25, 0.3) is 0 Å². The Hall–Kier alpha value is -3.96. The average Bonchev–Trinajstić information content (AvgIpc) is 2.68. The molecular formula is C21H15ClN4O4. The molecule has 0 aliphatic rings. The number of hydrogen-bond donors (Lipinski definition) is 1. The molecule has 150 valence electrons. The molecule has 1 heterocycles. The van der Waals surface area contributed by atoms with Crippen LogP contribution in [0.4, 0.5) is 11.4 Å². The first-order valence-corrected chi connectivity index (χ1v) is 9.09. The van der Waals surface area contributed by atoms with E-state index in [-0.39, 0.29) is 28.4 Å². The van der Waals surface area contributed by atoms with E-state index in [1.165, 1.54) is 13.8 Å². The van der Waals surface area contributed by atoms with Gasteiger partial charge >= 0.3 is 0 Å². The number of rotatable bonds is 5. The molecule has 0 saturated carbocycles. The topological polar surface area (TPSA) is 118 Å². The number of hydrogen-bond acceptors (Lipinski definition) is 6. The Kier molecular flexibility index (Phi) is 5.95. The Morgan fingerprint density at radius 2 is 1.97 bits per heavy atom. The van der Waals surface area contributed by atoms with Crippen LogP contribution >= 0.6 is 11.6 Å². The quantitative estimate of drug-likeness (QED) is 0.447. The molecule has 0 aliphatic heterocycles. The summed E-state index contributed by atoms with van der Waals surface area (Å²) < 4.78 is 5.71. The van der Waals surface area contributed by atoms with Crippen molar-refractivity contribution in [2.45, 2.75) is 13.8 Å². The van der Waals surface area contributed by atoms with Crippen molar-refractivity contribution in [3.63, 3.8) is 0 Å².